The zero-order valence-corrected chi connectivity index (χ0v) is 13.6. The van der Waals surface area contributed by atoms with Gasteiger partial charge < -0.3 is 9.64 Å². The maximum Gasteiger partial charge on any atom is 0.137 e. The predicted molar refractivity (Wildman–Crippen MR) is 82.7 cm³/mol. The van der Waals surface area contributed by atoms with Gasteiger partial charge in [0.2, 0.25) is 0 Å². The van der Waals surface area contributed by atoms with Gasteiger partial charge in [-0.25, -0.2) is 9.97 Å². The number of rotatable bonds is 5. The molecule has 1 aliphatic heterocycles. The molecule has 1 fully saturated rings. The van der Waals surface area contributed by atoms with Crippen molar-refractivity contribution in [2.45, 2.75) is 52.6 Å². The van der Waals surface area contributed by atoms with Gasteiger partial charge in [-0.05, 0) is 26.7 Å². The topological polar surface area (TPSA) is 38.2 Å². The molecule has 5 heteroatoms. The molecule has 1 unspecified atom stereocenters. The van der Waals surface area contributed by atoms with Crippen molar-refractivity contribution in [2.24, 2.45) is 0 Å². The first-order chi connectivity index (χ1) is 9.52. The van der Waals surface area contributed by atoms with Crippen molar-refractivity contribution in [3.05, 3.63) is 16.5 Å². The lowest BCUT2D eigenvalue weighted by atomic mass is 10.2. The van der Waals surface area contributed by atoms with Crippen LogP contribution in [0.3, 0.4) is 0 Å². The molecule has 112 valence electrons. The second-order valence-corrected chi connectivity index (χ2v) is 6.01. The quantitative estimate of drug-likeness (QED) is 0.779. The molecule has 0 aromatic carbocycles. The number of hydrogen-bond donors (Lipinski definition) is 0. The van der Waals surface area contributed by atoms with Gasteiger partial charge in [0.25, 0.3) is 0 Å². The van der Waals surface area contributed by atoms with Crippen molar-refractivity contribution < 1.29 is 4.74 Å². The van der Waals surface area contributed by atoms with Gasteiger partial charge in [0.1, 0.15) is 16.8 Å². The Balaban J connectivity index is 2.27. The van der Waals surface area contributed by atoms with Gasteiger partial charge >= 0.3 is 0 Å². The Bertz CT molecular complexity index is 459. The summed E-state index contributed by atoms with van der Waals surface area (Å²) in [5.74, 6) is 2.03. The highest BCUT2D eigenvalue weighted by atomic mass is 35.5. The second-order valence-electron chi connectivity index (χ2n) is 5.65. The summed E-state index contributed by atoms with van der Waals surface area (Å²) in [4.78, 5) is 11.4. The summed E-state index contributed by atoms with van der Waals surface area (Å²) >= 11 is 6.27. The highest BCUT2D eigenvalue weighted by Crippen LogP contribution is 2.27. The van der Waals surface area contributed by atoms with Crippen molar-refractivity contribution in [3.8, 4) is 0 Å². The van der Waals surface area contributed by atoms with E-state index in [4.69, 9.17) is 21.3 Å². The van der Waals surface area contributed by atoms with E-state index in [0.717, 1.165) is 49.7 Å². The molecule has 0 radical (unpaired) electrons. The van der Waals surface area contributed by atoms with Crippen molar-refractivity contribution in [2.75, 3.05) is 24.6 Å². The Hall–Kier alpha value is -0.870. The van der Waals surface area contributed by atoms with Crippen LogP contribution in [-0.4, -0.2) is 35.8 Å². The van der Waals surface area contributed by atoms with Crippen LogP contribution in [0.1, 0.15) is 50.9 Å². The minimum absolute atomic E-state index is 0.272. The van der Waals surface area contributed by atoms with Crippen LogP contribution in [-0.2, 0) is 4.74 Å². The lowest BCUT2D eigenvalue weighted by Gasteiger charge is -2.27. The average molecular weight is 298 g/mol. The fourth-order valence-electron chi connectivity index (χ4n) is 2.46. The first kappa shape index (κ1) is 15.5. The zero-order chi connectivity index (χ0) is 14.7. The fraction of sp³-hybridized carbons (Fsp3) is 0.733. The van der Waals surface area contributed by atoms with E-state index in [2.05, 4.69) is 30.7 Å². The third-order valence-corrected chi connectivity index (χ3v) is 4.09. The molecule has 1 atom stereocenters. The maximum atomic E-state index is 6.27. The summed E-state index contributed by atoms with van der Waals surface area (Å²) in [5, 5.41) is 0.560. The Morgan fingerprint density at radius 1 is 1.40 bits per heavy atom. The van der Waals surface area contributed by atoms with Gasteiger partial charge in [0.05, 0.1) is 6.10 Å². The van der Waals surface area contributed by atoms with E-state index >= 15 is 0 Å². The molecular formula is C15H24ClN3O. The van der Waals surface area contributed by atoms with Gasteiger partial charge in [-0.1, -0.05) is 25.4 Å². The molecule has 0 saturated carbocycles. The third kappa shape index (κ3) is 3.41. The van der Waals surface area contributed by atoms with Crippen LogP contribution in [0.25, 0.3) is 0 Å². The number of hydrogen-bond acceptors (Lipinski definition) is 4. The van der Waals surface area contributed by atoms with E-state index < -0.39 is 0 Å². The summed E-state index contributed by atoms with van der Waals surface area (Å²) < 4.78 is 5.74. The monoisotopic (exact) mass is 297 g/mol. The molecule has 0 bridgehead atoms. The van der Waals surface area contributed by atoms with Gasteiger partial charge in [0.15, 0.2) is 0 Å². The van der Waals surface area contributed by atoms with E-state index in [1.807, 2.05) is 6.92 Å². The van der Waals surface area contributed by atoms with E-state index in [9.17, 15) is 0 Å². The van der Waals surface area contributed by atoms with E-state index in [1.54, 1.807) is 0 Å². The van der Waals surface area contributed by atoms with Gasteiger partial charge in [-0.15, -0.1) is 0 Å². The number of nitrogens with zero attached hydrogens (tertiary/aromatic N) is 3. The van der Waals surface area contributed by atoms with E-state index in [-0.39, 0.29) is 5.92 Å². The van der Waals surface area contributed by atoms with Gasteiger partial charge in [-0.3, -0.25) is 0 Å². The Morgan fingerprint density at radius 2 is 2.15 bits per heavy atom. The van der Waals surface area contributed by atoms with Crippen molar-refractivity contribution in [1.29, 1.82) is 0 Å². The number of anilines is 1. The Labute approximate surface area is 126 Å². The first-order valence-corrected chi connectivity index (χ1v) is 7.81. The first-order valence-electron chi connectivity index (χ1n) is 7.43. The molecule has 4 nitrogen and oxygen atoms in total. The predicted octanol–water partition coefficient (Wildman–Crippen LogP) is 3.57. The number of likely N-dealkylation sites (N-methyl/N-ethyl adjacent to an activating group) is 1. The van der Waals surface area contributed by atoms with Crippen LogP contribution in [0, 0.1) is 6.92 Å². The van der Waals surface area contributed by atoms with Crippen molar-refractivity contribution in [3.63, 3.8) is 0 Å². The molecule has 0 aliphatic carbocycles. The van der Waals surface area contributed by atoms with Gasteiger partial charge in [-0.2, -0.15) is 0 Å². The summed E-state index contributed by atoms with van der Waals surface area (Å²) in [6.07, 6.45) is 2.60. The Morgan fingerprint density at radius 3 is 2.70 bits per heavy atom. The van der Waals surface area contributed by atoms with Crippen LogP contribution in [0.2, 0.25) is 5.15 Å². The molecule has 1 aromatic heterocycles. The van der Waals surface area contributed by atoms with Crippen LogP contribution in [0.5, 0.6) is 0 Å². The summed E-state index contributed by atoms with van der Waals surface area (Å²) in [6.45, 7) is 10.9. The molecule has 1 saturated heterocycles. The largest absolute Gasteiger partial charge is 0.376 e. The normalized spacial score (nSPS) is 18.8. The average Bonchev–Trinajstić information content (AvgIpc) is 2.92. The third-order valence-electron chi connectivity index (χ3n) is 3.72. The van der Waals surface area contributed by atoms with Crippen LogP contribution in [0.15, 0.2) is 0 Å². The highest BCUT2D eigenvalue weighted by Gasteiger charge is 2.22. The van der Waals surface area contributed by atoms with Crippen LogP contribution in [0.4, 0.5) is 5.82 Å². The number of ether oxygens (including phenoxy) is 1. The molecule has 1 aromatic rings. The van der Waals surface area contributed by atoms with E-state index in [1.165, 1.54) is 0 Å². The SMILES string of the molecule is CCN(CC1CCCO1)c1nc(C(C)C)nc(Cl)c1C. The van der Waals surface area contributed by atoms with Gasteiger partial charge in [0, 0.05) is 31.2 Å². The fourth-order valence-corrected chi connectivity index (χ4v) is 2.63. The highest BCUT2D eigenvalue weighted by molar-refractivity contribution is 6.30. The molecule has 0 N–H and O–H groups in total. The standard InChI is InChI=1S/C15H24ClN3O/c1-5-19(9-12-7-6-8-20-12)15-11(4)13(16)17-14(18-15)10(2)3/h10,12H,5-9H2,1-4H3. The van der Waals surface area contributed by atoms with Crippen molar-refractivity contribution in [1.82, 2.24) is 9.97 Å². The Kier molecular flexibility index (Phi) is 5.22. The maximum absolute atomic E-state index is 6.27. The van der Waals surface area contributed by atoms with Crippen LogP contribution >= 0.6 is 11.6 Å². The summed E-state index contributed by atoms with van der Waals surface area (Å²) in [7, 11) is 0. The van der Waals surface area contributed by atoms with Crippen LogP contribution < -0.4 is 4.90 Å². The molecule has 2 rings (SSSR count). The zero-order valence-electron chi connectivity index (χ0n) is 12.8. The number of halogens is 1. The lowest BCUT2D eigenvalue weighted by molar-refractivity contribution is 0.115. The summed E-state index contributed by atoms with van der Waals surface area (Å²) in [6, 6.07) is 0. The molecule has 20 heavy (non-hydrogen) atoms. The summed E-state index contributed by atoms with van der Waals surface area (Å²) in [5.41, 5.74) is 0.955. The molecule has 0 spiro atoms. The molecule has 0 amide bonds. The number of aromatic nitrogens is 2. The molecule has 2 heterocycles. The minimum atomic E-state index is 0.272. The molecule has 1 aliphatic rings. The molecular weight excluding hydrogens is 274 g/mol. The van der Waals surface area contributed by atoms with Crippen molar-refractivity contribution >= 4 is 17.4 Å². The second kappa shape index (κ2) is 6.72. The minimum Gasteiger partial charge on any atom is -0.376 e. The lowest BCUT2D eigenvalue weighted by Crippen LogP contribution is -2.33. The van der Waals surface area contributed by atoms with E-state index in [0.29, 0.717) is 11.3 Å². The smallest absolute Gasteiger partial charge is 0.137 e.